The predicted octanol–water partition coefficient (Wildman–Crippen LogP) is 4.14. The Bertz CT molecular complexity index is 1080. The number of thiophene rings is 1. The third-order valence-electron chi connectivity index (χ3n) is 4.14. The minimum Gasteiger partial charge on any atom is -0.392 e. The van der Waals surface area contributed by atoms with Gasteiger partial charge in [-0.25, -0.2) is 4.68 Å². The van der Waals surface area contributed by atoms with Crippen molar-refractivity contribution in [2.45, 2.75) is 13.5 Å². The van der Waals surface area contributed by atoms with Gasteiger partial charge in [0.25, 0.3) is 5.91 Å². The van der Waals surface area contributed by atoms with E-state index in [4.69, 9.17) is 0 Å². The molecule has 4 rings (SSSR count). The fourth-order valence-corrected chi connectivity index (χ4v) is 3.92. The zero-order valence-corrected chi connectivity index (χ0v) is 15.0. The van der Waals surface area contributed by atoms with Crippen molar-refractivity contribution in [3.8, 4) is 5.69 Å². The second kappa shape index (κ2) is 6.74. The van der Waals surface area contributed by atoms with Crippen LogP contribution in [-0.2, 0) is 6.61 Å². The van der Waals surface area contributed by atoms with Crippen LogP contribution in [0.2, 0.25) is 0 Å². The Kier molecular flexibility index (Phi) is 4.28. The van der Waals surface area contributed by atoms with Gasteiger partial charge in [-0.3, -0.25) is 4.79 Å². The van der Waals surface area contributed by atoms with Gasteiger partial charge in [-0.15, -0.1) is 11.3 Å². The van der Waals surface area contributed by atoms with Crippen molar-refractivity contribution in [1.29, 1.82) is 0 Å². The van der Waals surface area contributed by atoms with Gasteiger partial charge in [0.2, 0.25) is 0 Å². The standard InChI is InChI=1S/C20H17N3O2S/c1-13-17-11-18(19(25)21-15-7-5-6-14(10-15)12-24)26-20(17)23(22-13)16-8-3-2-4-9-16/h2-11,24H,12H2,1H3,(H,21,25). The first-order valence-electron chi connectivity index (χ1n) is 8.21. The lowest BCUT2D eigenvalue weighted by molar-refractivity contribution is 0.103. The number of nitrogens with zero attached hydrogens (tertiary/aromatic N) is 2. The second-order valence-corrected chi connectivity index (χ2v) is 7.01. The molecule has 5 nitrogen and oxygen atoms in total. The largest absolute Gasteiger partial charge is 0.392 e. The van der Waals surface area contributed by atoms with Crippen LogP contribution < -0.4 is 5.32 Å². The molecule has 0 bridgehead atoms. The van der Waals surface area contributed by atoms with Gasteiger partial charge in [0.05, 0.1) is 22.9 Å². The molecule has 2 aromatic heterocycles. The summed E-state index contributed by atoms with van der Waals surface area (Å²) in [5.41, 5.74) is 3.28. The Morgan fingerprint density at radius 2 is 1.96 bits per heavy atom. The summed E-state index contributed by atoms with van der Waals surface area (Å²) >= 11 is 1.42. The first kappa shape index (κ1) is 16.5. The molecule has 4 aromatic rings. The molecule has 0 spiro atoms. The average molecular weight is 363 g/mol. The van der Waals surface area contributed by atoms with Crippen LogP contribution in [0.5, 0.6) is 0 Å². The summed E-state index contributed by atoms with van der Waals surface area (Å²) in [5, 5.41) is 17.7. The summed E-state index contributed by atoms with van der Waals surface area (Å²) in [6.07, 6.45) is 0. The van der Waals surface area contributed by atoms with Crippen LogP contribution in [0.3, 0.4) is 0 Å². The quantitative estimate of drug-likeness (QED) is 0.573. The van der Waals surface area contributed by atoms with Crippen LogP contribution in [0, 0.1) is 6.92 Å². The summed E-state index contributed by atoms with van der Waals surface area (Å²) in [6, 6.07) is 19.0. The smallest absolute Gasteiger partial charge is 0.265 e. The number of rotatable bonds is 4. The van der Waals surface area contributed by atoms with Crippen molar-refractivity contribution < 1.29 is 9.90 Å². The summed E-state index contributed by atoms with van der Waals surface area (Å²) in [6.45, 7) is 1.89. The number of para-hydroxylation sites is 1. The topological polar surface area (TPSA) is 67.2 Å². The second-order valence-electron chi connectivity index (χ2n) is 5.97. The van der Waals surface area contributed by atoms with E-state index in [1.165, 1.54) is 11.3 Å². The highest BCUT2D eigenvalue weighted by Gasteiger charge is 2.17. The van der Waals surface area contributed by atoms with E-state index in [1.54, 1.807) is 12.1 Å². The Balaban J connectivity index is 1.68. The maximum absolute atomic E-state index is 12.6. The van der Waals surface area contributed by atoms with Gasteiger partial charge in [-0.1, -0.05) is 30.3 Å². The van der Waals surface area contributed by atoms with E-state index < -0.39 is 0 Å². The van der Waals surface area contributed by atoms with Crippen LogP contribution in [0.1, 0.15) is 20.9 Å². The highest BCUT2D eigenvalue weighted by atomic mass is 32.1. The van der Waals surface area contributed by atoms with Gasteiger partial charge >= 0.3 is 0 Å². The van der Waals surface area contributed by atoms with Crippen LogP contribution in [0.15, 0.2) is 60.7 Å². The molecule has 1 amide bonds. The number of amides is 1. The molecule has 0 saturated carbocycles. The first-order valence-corrected chi connectivity index (χ1v) is 9.03. The van der Waals surface area contributed by atoms with Gasteiger partial charge in [0.15, 0.2) is 0 Å². The number of nitrogens with one attached hydrogen (secondary N) is 1. The maximum atomic E-state index is 12.6. The van der Waals surface area contributed by atoms with E-state index in [2.05, 4.69) is 10.4 Å². The number of carbonyl (C=O) groups excluding carboxylic acids is 1. The molecule has 0 fully saturated rings. The SMILES string of the molecule is Cc1nn(-c2ccccc2)c2sc(C(=O)Nc3cccc(CO)c3)cc12. The van der Waals surface area contributed by atoms with Gasteiger partial charge in [0, 0.05) is 11.1 Å². The molecular formula is C20H17N3O2S. The van der Waals surface area contributed by atoms with Gasteiger partial charge in [-0.2, -0.15) is 5.10 Å². The summed E-state index contributed by atoms with van der Waals surface area (Å²) in [4.78, 5) is 14.2. The molecule has 6 heteroatoms. The van der Waals surface area contributed by atoms with E-state index in [0.29, 0.717) is 10.6 Å². The Hall–Kier alpha value is -2.96. The Morgan fingerprint density at radius 3 is 2.73 bits per heavy atom. The molecular weight excluding hydrogens is 346 g/mol. The lowest BCUT2D eigenvalue weighted by atomic mass is 10.2. The molecule has 130 valence electrons. The maximum Gasteiger partial charge on any atom is 0.265 e. The number of aliphatic hydroxyl groups is 1. The fourth-order valence-electron chi connectivity index (χ4n) is 2.84. The number of carbonyl (C=O) groups is 1. The molecule has 2 heterocycles. The lowest BCUT2D eigenvalue weighted by Gasteiger charge is -2.05. The van der Waals surface area contributed by atoms with E-state index in [-0.39, 0.29) is 12.5 Å². The average Bonchev–Trinajstić information content (AvgIpc) is 3.23. The summed E-state index contributed by atoms with van der Waals surface area (Å²) in [5.74, 6) is -0.166. The molecule has 0 radical (unpaired) electrons. The molecule has 0 unspecified atom stereocenters. The van der Waals surface area contributed by atoms with Gasteiger partial charge in [-0.05, 0) is 42.8 Å². The zero-order valence-electron chi connectivity index (χ0n) is 14.1. The minimum absolute atomic E-state index is 0.0568. The number of hydrogen-bond acceptors (Lipinski definition) is 4. The van der Waals surface area contributed by atoms with Crippen LogP contribution in [-0.4, -0.2) is 20.8 Å². The molecule has 0 aliphatic rings. The monoisotopic (exact) mass is 363 g/mol. The third kappa shape index (κ3) is 3.00. The van der Waals surface area contributed by atoms with Crippen LogP contribution in [0.25, 0.3) is 15.9 Å². The van der Waals surface area contributed by atoms with E-state index in [1.807, 2.05) is 60.1 Å². The zero-order chi connectivity index (χ0) is 18.1. The Morgan fingerprint density at radius 1 is 1.15 bits per heavy atom. The van der Waals surface area contributed by atoms with E-state index in [9.17, 15) is 9.90 Å². The molecule has 0 atom stereocenters. The number of fused-ring (bicyclic) bond motifs is 1. The predicted molar refractivity (Wildman–Crippen MR) is 104 cm³/mol. The normalized spacial score (nSPS) is 11.0. The van der Waals surface area contributed by atoms with Crippen molar-refractivity contribution in [2.75, 3.05) is 5.32 Å². The highest BCUT2D eigenvalue weighted by molar-refractivity contribution is 7.20. The molecule has 2 N–H and O–H groups in total. The van der Waals surface area contributed by atoms with E-state index >= 15 is 0 Å². The molecule has 0 aliphatic heterocycles. The van der Waals surface area contributed by atoms with Crippen molar-refractivity contribution in [1.82, 2.24) is 9.78 Å². The fraction of sp³-hybridized carbons (Fsp3) is 0.100. The number of anilines is 1. The van der Waals surface area contributed by atoms with E-state index in [0.717, 1.165) is 27.2 Å². The van der Waals surface area contributed by atoms with Crippen molar-refractivity contribution in [2.24, 2.45) is 0 Å². The number of aliphatic hydroxyl groups excluding tert-OH is 1. The van der Waals surface area contributed by atoms with Crippen molar-refractivity contribution in [3.63, 3.8) is 0 Å². The summed E-state index contributed by atoms with van der Waals surface area (Å²) in [7, 11) is 0. The van der Waals surface area contributed by atoms with Crippen LogP contribution >= 0.6 is 11.3 Å². The molecule has 2 aromatic carbocycles. The highest BCUT2D eigenvalue weighted by Crippen LogP contribution is 2.30. The third-order valence-corrected chi connectivity index (χ3v) is 5.25. The van der Waals surface area contributed by atoms with Crippen molar-refractivity contribution in [3.05, 3.63) is 76.8 Å². The minimum atomic E-state index is -0.166. The summed E-state index contributed by atoms with van der Waals surface area (Å²) < 4.78 is 1.87. The Labute approximate surface area is 154 Å². The first-order chi connectivity index (χ1) is 12.7. The number of hydrogen-bond donors (Lipinski definition) is 2. The van der Waals surface area contributed by atoms with Gasteiger partial charge in [0.1, 0.15) is 4.83 Å². The van der Waals surface area contributed by atoms with Crippen LogP contribution in [0.4, 0.5) is 5.69 Å². The number of benzene rings is 2. The van der Waals surface area contributed by atoms with Crippen molar-refractivity contribution >= 4 is 33.1 Å². The molecule has 26 heavy (non-hydrogen) atoms. The number of aromatic nitrogens is 2. The van der Waals surface area contributed by atoms with Gasteiger partial charge < -0.3 is 10.4 Å². The number of aryl methyl sites for hydroxylation is 1. The molecule has 0 saturated heterocycles. The lowest BCUT2D eigenvalue weighted by Crippen LogP contribution is -2.10. The molecule has 0 aliphatic carbocycles.